The molecule has 0 bridgehead atoms. The first-order chi connectivity index (χ1) is 10.2. The van der Waals surface area contributed by atoms with Crippen molar-refractivity contribution < 1.29 is 13.2 Å². The van der Waals surface area contributed by atoms with Gasteiger partial charge in [-0.05, 0) is 24.0 Å². The van der Waals surface area contributed by atoms with Crippen LogP contribution in [0.2, 0.25) is 0 Å². The van der Waals surface area contributed by atoms with E-state index in [4.69, 9.17) is 0 Å². The Balaban J connectivity index is 3.30. The van der Waals surface area contributed by atoms with Crippen LogP contribution in [-0.2, 0) is 14.8 Å². The fourth-order valence-corrected chi connectivity index (χ4v) is 3.16. The summed E-state index contributed by atoms with van der Waals surface area (Å²) in [5.41, 5.74) is 2.32. The SMILES string of the molecule is C=CCNC(=O)CN(c1c(C)cccc1C(C)C)S(C)(=O)=O. The minimum atomic E-state index is -3.57. The summed E-state index contributed by atoms with van der Waals surface area (Å²) in [6, 6.07) is 5.64. The maximum Gasteiger partial charge on any atom is 0.241 e. The number of rotatable bonds is 7. The Morgan fingerprint density at radius 2 is 2.05 bits per heavy atom. The van der Waals surface area contributed by atoms with Gasteiger partial charge in [-0.2, -0.15) is 0 Å². The summed E-state index contributed by atoms with van der Waals surface area (Å²) in [5.74, 6) is -0.210. The average Bonchev–Trinajstić information content (AvgIpc) is 2.41. The minimum absolute atomic E-state index is 0.149. The van der Waals surface area contributed by atoms with Crippen LogP contribution in [0.5, 0.6) is 0 Å². The lowest BCUT2D eigenvalue weighted by Crippen LogP contribution is -2.41. The number of nitrogens with zero attached hydrogens (tertiary/aromatic N) is 1. The van der Waals surface area contributed by atoms with Crippen LogP contribution >= 0.6 is 0 Å². The molecule has 0 saturated carbocycles. The Labute approximate surface area is 133 Å². The van der Waals surface area contributed by atoms with Crippen LogP contribution in [0.15, 0.2) is 30.9 Å². The summed E-state index contributed by atoms with van der Waals surface area (Å²) >= 11 is 0. The topological polar surface area (TPSA) is 66.5 Å². The van der Waals surface area contributed by atoms with Crippen molar-refractivity contribution in [1.82, 2.24) is 5.32 Å². The van der Waals surface area contributed by atoms with Crippen LogP contribution in [0, 0.1) is 6.92 Å². The molecular weight excluding hydrogens is 300 g/mol. The van der Waals surface area contributed by atoms with Gasteiger partial charge in [0.2, 0.25) is 15.9 Å². The predicted molar refractivity (Wildman–Crippen MR) is 90.7 cm³/mol. The quantitative estimate of drug-likeness (QED) is 0.782. The molecule has 0 atom stereocenters. The van der Waals surface area contributed by atoms with Crippen molar-refractivity contribution in [1.29, 1.82) is 0 Å². The van der Waals surface area contributed by atoms with Gasteiger partial charge in [0.1, 0.15) is 6.54 Å². The van der Waals surface area contributed by atoms with Gasteiger partial charge in [0.15, 0.2) is 0 Å². The van der Waals surface area contributed by atoms with E-state index in [1.165, 1.54) is 4.31 Å². The van der Waals surface area contributed by atoms with Crippen LogP contribution in [0.25, 0.3) is 0 Å². The van der Waals surface area contributed by atoms with Gasteiger partial charge in [-0.3, -0.25) is 9.10 Å². The van der Waals surface area contributed by atoms with Gasteiger partial charge < -0.3 is 5.32 Å². The van der Waals surface area contributed by atoms with Crippen molar-refractivity contribution in [3.63, 3.8) is 0 Å². The highest BCUT2D eigenvalue weighted by Gasteiger charge is 2.25. The van der Waals surface area contributed by atoms with Gasteiger partial charge in [-0.25, -0.2) is 8.42 Å². The van der Waals surface area contributed by atoms with Gasteiger partial charge in [0, 0.05) is 6.54 Å². The fourth-order valence-electron chi connectivity index (χ4n) is 2.22. The van der Waals surface area contributed by atoms with E-state index in [-0.39, 0.29) is 18.4 Å². The van der Waals surface area contributed by atoms with Crippen molar-refractivity contribution in [3.8, 4) is 0 Å². The van der Waals surface area contributed by atoms with Crippen LogP contribution in [0.1, 0.15) is 30.9 Å². The summed E-state index contributed by atoms with van der Waals surface area (Å²) in [7, 11) is -3.57. The second-order valence-corrected chi connectivity index (χ2v) is 7.44. The molecule has 0 unspecified atom stereocenters. The van der Waals surface area contributed by atoms with Crippen molar-refractivity contribution in [2.45, 2.75) is 26.7 Å². The van der Waals surface area contributed by atoms with E-state index >= 15 is 0 Å². The summed E-state index contributed by atoms with van der Waals surface area (Å²) in [6.45, 7) is 9.43. The fraction of sp³-hybridized carbons (Fsp3) is 0.438. The first-order valence-electron chi connectivity index (χ1n) is 7.13. The number of nitrogens with one attached hydrogen (secondary N) is 1. The summed E-state index contributed by atoms with van der Waals surface area (Å²) in [5, 5.41) is 2.61. The molecule has 0 heterocycles. The lowest BCUT2D eigenvalue weighted by molar-refractivity contribution is -0.119. The van der Waals surface area contributed by atoms with Crippen LogP contribution in [-0.4, -0.2) is 33.7 Å². The van der Waals surface area contributed by atoms with Crippen molar-refractivity contribution >= 4 is 21.6 Å². The number of sulfonamides is 1. The summed E-state index contributed by atoms with van der Waals surface area (Å²) in [6.07, 6.45) is 2.67. The molecular formula is C16H24N2O3S. The van der Waals surface area contributed by atoms with Gasteiger partial charge in [0.05, 0.1) is 11.9 Å². The Kier molecular flexibility index (Phi) is 6.17. The van der Waals surface area contributed by atoms with Crippen molar-refractivity contribution in [2.75, 3.05) is 23.7 Å². The Hall–Kier alpha value is -1.82. The standard InChI is InChI=1S/C16H24N2O3S/c1-6-10-17-15(19)11-18(22(5,20)21)16-13(4)8-7-9-14(16)12(2)3/h6-9,12H,1,10-11H2,2-5H3,(H,17,19). The van der Waals surface area contributed by atoms with Gasteiger partial charge in [-0.1, -0.05) is 38.1 Å². The zero-order chi connectivity index (χ0) is 16.9. The van der Waals surface area contributed by atoms with E-state index in [1.54, 1.807) is 6.08 Å². The summed E-state index contributed by atoms with van der Waals surface area (Å²) < 4.78 is 25.6. The highest BCUT2D eigenvalue weighted by atomic mass is 32.2. The minimum Gasteiger partial charge on any atom is -0.351 e. The number of hydrogen-bond donors (Lipinski definition) is 1. The predicted octanol–water partition coefficient (Wildman–Crippen LogP) is 2.19. The number of anilines is 1. The third-order valence-corrected chi connectivity index (χ3v) is 4.38. The van der Waals surface area contributed by atoms with E-state index in [0.717, 1.165) is 17.4 Å². The van der Waals surface area contributed by atoms with Crippen LogP contribution in [0.4, 0.5) is 5.69 Å². The normalized spacial score (nSPS) is 11.3. The van der Waals surface area contributed by atoms with Gasteiger partial charge >= 0.3 is 0 Å². The highest BCUT2D eigenvalue weighted by Crippen LogP contribution is 2.32. The molecule has 0 aliphatic heterocycles. The lowest BCUT2D eigenvalue weighted by Gasteiger charge is -2.27. The zero-order valence-electron chi connectivity index (χ0n) is 13.6. The number of hydrogen-bond acceptors (Lipinski definition) is 3. The third kappa shape index (κ3) is 4.59. The average molecular weight is 324 g/mol. The molecule has 6 heteroatoms. The molecule has 0 saturated heterocycles. The molecule has 122 valence electrons. The van der Waals surface area contributed by atoms with Crippen molar-refractivity contribution in [3.05, 3.63) is 42.0 Å². The van der Waals surface area contributed by atoms with Crippen molar-refractivity contribution in [2.24, 2.45) is 0 Å². The molecule has 0 aromatic heterocycles. The maximum absolute atomic E-state index is 12.2. The number of carbonyl (C=O) groups excluding carboxylic acids is 1. The molecule has 0 aliphatic carbocycles. The molecule has 1 amide bonds. The monoisotopic (exact) mass is 324 g/mol. The smallest absolute Gasteiger partial charge is 0.241 e. The molecule has 0 aliphatic rings. The number of aryl methyl sites for hydroxylation is 1. The van der Waals surface area contributed by atoms with Crippen LogP contribution < -0.4 is 9.62 Å². The molecule has 22 heavy (non-hydrogen) atoms. The molecule has 1 N–H and O–H groups in total. The van der Waals surface area contributed by atoms with E-state index in [1.807, 2.05) is 39.0 Å². The van der Waals surface area contributed by atoms with Gasteiger partial charge in [-0.15, -0.1) is 6.58 Å². The first kappa shape index (κ1) is 18.2. The molecule has 0 radical (unpaired) electrons. The second-order valence-electron chi connectivity index (χ2n) is 5.53. The molecule has 1 rings (SSSR count). The van der Waals surface area contributed by atoms with E-state index in [0.29, 0.717) is 12.2 Å². The Bertz CT molecular complexity index is 651. The largest absolute Gasteiger partial charge is 0.351 e. The number of amides is 1. The number of benzene rings is 1. The van der Waals surface area contributed by atoms with Crippen LogP contribution in [0.3, 0.4) is 0 Å². The third-order valence-electron chi connectivity index (χ3n) is 3.27. The van der Waals surface area contributed by atoms with E-state index < -0.39 is 10.0 Å². The molecule has 0 fully saturated rings. The van der Waals surface area contributed by atoms with Gasteiger partial charge in [0.25, 0.3) is 0 Å². The zero-order valence-corrected chi connectivity index (χ0v) is 14.4. The molecule has 1 aromatic carbocycles. The molecule has 0 spiro atoms. The summed E-state index contributed by atoms with van der Waals surface area (Å²) in [4.78, 5) is 12.0. The second kappa shape index (κ2) is 7.45. The number of para-hydroxylation sites is 1. The van der Waals surface area contributed by atoms with E-state index in [2.05, 4.69) is 11.9 Å². The molecule has 5 nitrogen and oxygen atoms in total. The van der Waals surface area contributed by atoms with E-state index in [9.17, 15) is 13.2 Å². The lowest BCUT2D eigenvalue weighted by atomic mass is 9.98. The maximum atomic E-state index is 12.2. The Morgan fingerprint density at radius 3 is 2.55 bits per heavy atom. The Morgan fingerprint density at radius 1 is 1.41 bits per heavy atom. The number of carbonyl (C=O) groups is 1. The first-order valence-corrected chi connectivity index (χ1v) is 8.98. The highest BCUT2D eigenvalue weighted by molar-refractivity contribution is 7.92. The molecule has 1 aromatic rings.